The van der Waals surface area contributed by atoms with Gasteiger partial charge in [0.05, 0.1) is 23.4 Å². The van der Waals surface area contributed by atoms with E-state index in [9.17, 15) is 14.4 Å². The largest absolute Gasteiger partial charge is 0.462 e. The van der Waals surface area contributed by atoms with Crippen molar-refractivity contribution < 1.29 is 18.7 Å². The fourth-order valence-corrected chi connectivity index (χ4v) is 6.92. The normalized spacial score (nSPS) is 11.2. The second-order valence-electron chi connectivity index (χ2n) is 8.66. The first-order valence-corrected chi connectivity index (χ1v) is 14.8. The number of furan rings is 1. The molecule has 200 valence electrons. The summed E-state index contributed by atoms with van der Waals surface area (Å²) in [6, 6.07) is 12.8. The number of benzene rings is 1. The number of hydrogen-bond donors (Lipinski definition) is 1. The van der Waals surface area contributed by atoms with Gasteiger partial charge < -0.3 is 14.5 Å². The molecule has 0 bridgehead atoms. The van der Waals surface area contributed by atoms with Gasteiger partial charge in [0.15, 0.2) is 5.16 Å². The molecule has 0 aliphatic carbocycles. The molecule has 4 aromatic heterocycles. The van der Waals surface area contributed by atoms with E-state index in [0.717, 1.165) is 22.2 Å². The number of thioether (sulfide) groups is 1. The Morgan fingerprint density at radius 3 is 2.59 bits per heavy atom. The molecule has 4 heterocycles. The smallest absolute Gasteiger partial charge is 0.341 e. The molecule has 0 aliphatic rings. The molecule has 11 heteroatoms. The van der Waals surface area contributed by atoms with Gasteiger partial charge in [-0.05, 0) is 57.5 Å². The van der Waals surface area contributed by atoms with Crippen LogP contribution in [0.2, 0.25) is 0 Å². The summed E-state index contributed by atoms with van der Waals surface area (Å²) in [6.45, 7) is 7.63. The predicted octanol–water partition coefficient (Wildman–Crippen LogP) is 6.60. The number of carbonyl (C=O) groups is 2. The van der Waals surface area contributed by atoms with Gasteiger partial charge in [-0.15, -0.1) is 22.7 Å². The average molecular weight is 580 g/mol. The van der Waals surface area contributed by atoms with Gasteiger partial charge in [-0.25, -0.2) is 9.78 Å². The number of hydrogen-bond acceptors (Lipinski definition) is 9. The van der Waals surface area contributed by atoms with Crippen LogP contribution in [0.4, 0.5) is 5.00 Å². The van der Waals surface area contributed by atoms with Gasteiger partial charge in [-0.1, -0.05) is 30.0 Å². The van der Waals surface area contributed by atoms with E-state index >= 15 is 0 Å². The number of amides is 1. The maximum atomic E-state index is 13.6. The van der Waals surface area contributed by atoms with E-state index in [-0.39, 0.29) is 29.4 Å². The second kappa shape index (κ2) is 11.2. The molecule has 5 rings (SSSR count). The van der Waals surface area contributed by atoms with Crippen LogP contribution < -0.4 is 10.9 Å². The first-order valence-electron chi connectivity index (χ1n) is 12.1. The molecule has 0 aliphatic heterocycles. The Balaban J connectivity index is 1.45. The number of nitrogens with zero attached hydrogens (tertiary/aromatic N) is 2. The van der Waals surface area contributed by atoms with E-state index < -0.39 is 5.97 Å². The van der Waals surface area contributed by atoms with E-state index in [0.29, 0.717) is 43.1 Å². The fourth-order valence-electron chi connectivity index (χ4n) is 4.09. The molecular weight excluding hydrogens is 555 g/mol. The summed E-state index contributed by atoms with van der Waals surface area (Å²) in [7, 11) is 0. The maximum absolute atomic E-state index is 13.6. The molecule has 0 unspecified atom stereocenters. The molecule has 5 aromatic rings. The molecular formula is C28H25N3O5S3. The van der Waals surface area contributed by atoms with Crippen molar-refractivity contribution in [3.63, 3.8) is 0 Å². The lowest BCUT2D eigenvalue weighted by Crippen LogP contribution is -2.23. The van der Waals surface area contributed by atoms with E-state index in [1.807, 2.05) is 57.2 Å². The zero-order valence-electron chi connectivity index (χ0n) is 21.7. The van der Waals surface area contributed by atoms with Gasteiger partial charge in [0, 0.05) is 15.8 Å². The Kier molecular flexibility index (Phi) is 7.74. The average Bonchev–Trinajstić information content (AvgIpc) is 3.60. The van der Waals surface area contributed by atoms with Crippen molar-refractivity contribution in [3.8, 4) is 17.0 Å². The van der Waals surface area contributed by atoms with Crippen LogP contribution in [0.5, 0.6) is 0 Å². The monoisotopic (exact) mass is 579 g/mol. The number of rotatable bonds is 8. The van der Waals surface area contributed by atoms with Crippen molar-refractivity contribution in [2.45, 2.75) is 32.9 Å². The van der Waals surface area contributed by atoms with Crippen LogP contribution in [0.3, 0.4) is 0 Å². The van der Waals surface area contributed by atoms with Crippen LogP contribution in [0, 0.1) is 20.8 Å². The molecule has 0 spiro atoms. The highest BCUT2D eigenvalue weighted by Crippen LogP contribution is 2.37. The Morgan fingerprint density at radius 1 is 1.13 bits per heavy atom. The summed E-state index contributed by atoms with van der Waals surface area (Å²) in [5.41, 5.74) is 2.22. The Hall–Kier alpha value is -3.67. The minimum atomic E-state index is -0.542. The predicted molar refractivity (Wildman–Crippen MR) is 157 cm³/mol. The molecule has 1 aromatic carbocycles. The zero-order chi connectivity index (χ0) is 27.7. The van der Waals surface area contributed by atoms with Gasteiger partial charge >= 0.3 is 5.97 Å². The van der Waals surface area contributed by atoms with Crippen molar-refractivity contribution in [2.75, 3.05) is 17.7 Å². The van der Waals surface area contributed by atoms with Crippen LogP contribution in [0.25, 0.3) is 27.2 Å². The van der Waals surface area contributed by atoms with Crippen molar-refractivity contribution in [3.05, 3.63) is 80.0 Å². The minimum absolute atomic E-state index is 0.0243. The number of para-hydroxylation sites is 1. The first kappa shape index (κ1) is 26.9. The van der Waals surface area contributed by atoms with Crippen molar-refractivity contribution >= 4 is 61.5 Å². The Morgan fingerprint density at radius 2 is 1.90 bits per heavy atom. The fraction of sp³-hybridized carbons (Fsp3) is 0.214. The summed E-state index contributed by atoms with van der Waals surface area (Å²) >= 11 is 3.85. The third kappa shape index (κ3) is 5.29. The number of anilines is 1. The highest BCUT2D eigenvalue weighted by atomic mass is 32.2. The van der Waals surface area contributed by atoms with E-state index in [1.54, 1.807) is 22.9 Å². The highest BCUT2D eigenvalue weighted by Gasteiger charge is 2.25. The standard InChI is InChI=1S/C28H25N3O5S3/c1-5-35-27(34)23-19(20-12-11-15(2)36-20)13-37-24(23)29-21(32)14-38-28-30-25-22(16(3)17(4)39-25)26(33)31(28)18-9-7-6-8-10-18/h6-13H,5,14H2,1-4H3,(H,29,32). The lowest BCUT2D eigenvalue weighted by atomic mass is 10.1. The topological polar surface area (TPSA) is 103 Å². The van der Waals surface area contributed by atoms with Crippen LogP contribution in [-0.4, -0.2) is 33.8 Å². The van der Waals surface area contributed by atoms with Crippen molar-refractivity contribution in [1.82, 2.24) is 9.55 Å². The van der Waals surface area contributed by atoms with Gasteiger partial charge in [0.25, 0.3) is 5.56 Å². The summed E-state index contributed by atoms with van der Waals surface area (Å²) in [5.74, 6) is 0.315. The van der Waals surface area contributed by atoms with Crippen molar-refractivity contribution in [2.24, 2.45) is 0 Å². The summed E-state index contributed by atoms with van der Waals surface area (Å²) in [5, 5.41) is 5.98. The van der Waals surface area contributed by atoms with Gasteiger partial charge in [0.1, 0.15) is 26.9 Å². The van der Waals surface area contributed by atoms with E-state index in [2.05, 4.69) is 5.32 Å². The van der Waals surface area contributed by atoms with Crippen LogP contribution in [-0.2, 0) is 9.53 Å². The van der Waals surface area contributed by atoms with Gasteiger partial charge in [-0.2, -0.15) is 0 Å². The Labute approximate surface area is 236 Å². The number of esters is 1. The second-order valence-corrected chi connectivity index (χ2v) is 11.7. The highest BCUT2D eigenvalue weighted by molar-refractivity contribution is 7.99. The lowest BCUT2D eigenvalue weighted by molar-refractivity contribution is -0.113. The number of aryl methyl sites for hydroxylation is 3. The number of carbonyl (C=O) groups excluding carboxylic acids is 2. The number of thiophene rings is 2. The van der Waals surface area contributed by atoms with E-state index in [4.69, 9.17) is 14.1 Å². The minimum Gasteiger partial charge on any atom is -0.462 e. The maximum Gasteiger partial charge on any atom is 0.341 e. The summed E-state index contributed by atoms with van der Waals surface area (Å²) in [4.78, 5) is 46.0. The van der Waals surface area contributed by atoms with Crippen LogP contribution in [0.15, 0.2) is 62.2 Å². The quantitative estimate of drug-likeness (QED) is 0.125. The SMILES string of the molecule is CCOC(=O)c1c(-c2ccc(C)o2)csc1NC(=O)CSc1nc2sc(C)c(C)c2c(=O)n1-c1ccccc1. The molecule has 0 atom stereocenters. The van der Waals surface area contributed by atoms with Gasteiger partial charge in [-0.3, -0.25) is 14.2 Å². The molecule has 0 saturated heterocycles. The Bertz CT molecular complexity index is 1750. The molecule has 8 nitrogen and oxygen atoms in total. The molecule has 0 fully saturated rings. The number of nitrogens with one attached hydrogen (secondary N) is 1. The molecule has 1 amide bonds. The number of ether oxygens (including phenoxy) is 1. The zero-order valence-corrected chi connectivity index (χ0v) is 24.1. The van der Waals surface area contributed by atoms with Crippen LogP contribution >= 0.6 is 34.4 Å². The molecule has 0 radical (unpaired) electrons. The number of aromatic nitrogens is 2. The van der Waals surface area contributed by atoms with Gasteiger partial charge in [0.2, 0.25) is 5.91 Å². The molecule has 39 heavy (non-hydrogen) atoms. The first-order chi connectivity index (χ1) is 18.8. The summed E-state index contributed by atoms with van der Waals surface area (Å²) < 4.78 is 12.5. The van der Waals surface area contributed by atoms with Crippen LogP contribution in [0.1, 0.15) is 33.5 Å². The molecule has 1 N–H and O–H groups in total. The summed E-state index contributed by atoms with van der Waals surface area (Å²) in [6.07, 6.45) is 0. The van der Waals surface area contributed by atoms with E-state index in [1.165, 1.54) is 22.7 Å². The third-order valence-corrected chi connectivity index (χ3v) is 8.98. The lowest BCUT2D eigenvalue weighted by Gasteiger charge is -2.12. The number of fused-ring (bicyclic) bond motifs is 1. The van der Waals surface area contributed by atoms with Crippen molar-refractivity contribution in [1.29, 1.82) is 0 Å². The molecule has 0 saturated carbocycles. The third-order valence-electron chi connectivity index (χ3n) is 6.05.